The Kier molecular flexibility index (Phi) is 3.53. The van der Waals surface area contributed by atoms with Gasteiger partial charge >= 0.3 is 0 Å². The summed E-state index contributed by atoms with van der Waals surface area (Å²) >= 11 is 1.44. The number of hydrogen-bond acceptors (Lipinski definition) is 5. The van der Waals surface area contributed by atoms with Crippen LogP contribution < -0.4 is 15.4 Å². The van der Waals surface area contributed by atoms with E-state index in [2.05, 4.69) is 16.3 Å². The van der Waals surface area contributed by atoms with Gasteiger partial charge in [0.1, 0.15) is 0 Å². The van der Waals surface area contributed by atoms with Crippen LogP contribution in [0.4, 0.5) is 10.8 Å². The first kappa shape index (κ1) is 11.5. The fraction of sp³-hybridized carbons (Fsp3) is 0.727. The highest BCUT2D eigenvalue weighted by atomic mass is 32.1. The Hall–Kier alpha value is -0.970. The molecule has 1 aliphatic carbocycles. The third-order valence-electron chi connectivity index (χ3n) is 3.14. The molecule has 0 spiro atoms. The smallest absolute Gasteiger partial charge is 0.197 e. The number of ether oxygens (including phenoxy) is 1. The molecule has 1 aromatic rings. The normalized spacial score (nSPS) is 16.6. The van der Waals surface area contributed by atoms with Gasteiger partial charge in [-0.3, -0.25) is 0 Å². The van der Waals surface area contributed by atoms with Crippen LogP contribution in [-0.4, -0.2) is 24.1 Å². The van der Waals surface area contributed by atoms with Crippen LogP contribution in [0.25, 0.3) is 0 Å². The molecule has 1 heterocycles. The van der Waals surface area contributed by atoms with Crippen molar-refractivity contribution < 1.29 is 4.74 Å². The van der Waals surface area contributed by atoms with Gasteiger partial charge in [0.25, 0.3) is 0 Å². The largest absolute Gasteiger partial charge is 0.487 e. The summed E-state index contributed by atoms with van der Waals surface area (Å²) < 4.78 is 9.75. The molecule has 0 amide bonds. The highest BCUT2D eigenvalue weighted by molar-refractivity contribution is 7.11. The molecule has 4 nitrogen and oxygen atoms in total. The number of nitrogens with two attached hydrogens (primary N) is 1. The molecular formula is C11H19N3OS. The van der Waals surface area contributed by atoms with Crippen molar-refractivity contribution >= 4 is 22.4 Å². The summed E-state index contributed by atoms with van der Waals surface area (Å²) in [7, 11) is 2.12. The van der Waals surface area contributed by atoms with Gasteiger partial charge in [0.2, 0.25) is 0 Å². The SMILES string of the molecule is CCOc1c(N)nsc1N(C)C1CCCC1. The molecule has 0 atom stereocenters. The molecule has 2 rings (SSSR count). The lowest BCUT2D eigenvalue weighted by Gasteiger charge is -2.25. The predicted octanol–water partition coefficient (Wildman–Crippen LogP) is 2.50. The minimum absolute atomic E-state index is 0.520. The van der Waals surface area contributed by atoms with Crippen molar-refractivity contribution in [2.24, 2.45) is 0 Å². The average molecular weight is 241 g/mol. The number of anilines is 2. The lowest BCUT2D eigenvalue weighted by molar-refractivity contribution is 0.342. The third kappa shape index (κ3) is 2.09. The number of nitrogens with zero attached hydrogens (tertiary/aromatic N) is 2. The van der Waals surface area contributed by atoms with Crippen LogP contribution in [0.1, 0.15) is 32.6 Å². The molecule has 1 aromatic heterocycles. The summed E-state index contributed by atoms with van der Waals surface area (Å²) in [6, 6.07) is 0.624. The molecule has 90 valence electrons. The van der Waals surface area contributed by atoms with Crippen molar-refractivity contribution in [3.05, 3.63) is 0 Å². The first-order valence-electron chi connectivity index (χ1n) is 5.84. The first-order chi connectivity index (χ1) is 7.74. The van der Waals surface area contributed by atoms with Gasteiger partial charge in [-0.1, -0.05) is 12.8 Å². The van der Waals surface area contributed by atoms with Gasteiger partial charge < -0.3 is 15.4 Å². The monoisotopic (exact) mass is 241 g/mol. The Morgan fingerprint density at radius 1 is 1.50 bits per heavy atom. The average Bonchev–Trinajstić information content (AvgIpc) is 2.89. The van der Waals surface area contributed by atoms with E-state index in [0.717, 1.165) is 10.8 Å². The van der Waals surface area contributed by atoms with E-state index in [-0.39, 0.29) is 0 Å². The molecular weight excluding hydrogens is 222 g/mol. The van der Waals surface area contributed by atoms with E-state index >= 15 is 0 Å². The zero-order valence-corrected chi connectivity index (χ0v) is 10.7. The second-order valence-corrected chi connectivity index (χ2v) is 4.94. The maximum Gasteiger partial charge on any atom is 0.197 e. The molecule has 1 aliphatic rings. The fourth-order valence-corrected chi connectivity index (χ4v) is 3.04. The van der Waals surface area contributed by atoms with Crippen molar-refractivity contribution in [3.63, 3.8) is 0 Å². The van der Waals surface area contributed by atoms with Crippen LogP contribution in [0.2, 0.25) is 0 Å². The predicted molar refractivity (Wildman–Crippen MR) is 68.4 cm³/mol. The zero-order valence-electron chi connectivity index (χ0n) is 9.90. The minimum Gasteiger partial charge on any atom is -0.487 e. The molecule has 0 aromatic carbocycles. The van der Waals surface area contributed by atoms with E-state index in [1.54, 1.807) is 0 Å². The molecule has 2 N–H and O–H groups in total. The molecule has 16 heavy (non-hydrogen) atoms. The summed E-state index contributed by atoms with van der Waals surface area (Å²) in [5.41, 5.74) is 5.81. The Labute approximate surface area is 101 Å². The molecule has 1 saturated carbocycles. The van der Waals surface area contributed by atoms with Crippen LogP contribution >= 0.6 is 11.5 Å². The quantitative estimate of drug-likeness (QED) is 0.880. The Morgan fingerprint density at radius 2 is 2.19 bits per heavy atom. The van der Waals surface area contributed by atoms with Gasteiger partial charge in [-0.05, 0) is 31.3 Å². The summed E-state index contributed by atoms with van der Waals surface area (Å²) in [6.07, 6.45) is 5.18. The molecule has 0 aliphatic heterocycles. The number of hydrogen-bond donors (Lipinski definition) is 1. The van der Waals surface area contributed by atoms with Gasteiger partial charge in [0.05, 0.1) is 6.61 Å². The first-order valence-corrected chi connectivity index (χ1v) is 6.62. The molecule has 1 fully saturated rings. The van der Waals surface area contributed by atoms with Crippen molar-refractivity contribution in [2.75, 3.05) is 24.3 Å². The van der Waals surface area contributed by atoms with E-state index < -0.39 is 0 Å². The Balaban J connectivity index is 2.18. The Bertz CT molecular complexity index is 347. The minimum atomic E-state index is 0.520. The fourth-order valence-electron chi connectivity index (χ4n) is 2.25. The zero-order chi connectivity index (χ0) is 11.5. The van der Waals surface area contributed by atoms with Crippen LogP contribution in [-0.2, 0) is 0 Å². The summed E-state index contributed by atoms with van der Waals surface area (Å²) in [5, 5.41) is 1.08. The summed E-state index contributed by atoms with van der Waals surface area (Å²) in [6.45, 7) is 2.60. The molecule has 5 heteroatoms. The van der Waals surface area contributed by atoms with Gasteiger partial charge in [0, 0.05) is 13.1 Å². The van der Waals surface area contributed by atoms with Crippen molar-refractivity contribution in [1.29, 1.82) is 0 Å². The number of aromatic nitrogens is 1. The van der Waals surface area contributed by atoms with Gasteiger partial charge in [-0.15, -0.1) is 0 Å². The molecule has 0 radical (unpaired) electrons. The maximum atomic E-state index is 5.81. The molecule has 0 unspecified atom stereocenters. The van der Waals surface area contributed by atoms with E-state index in [1.165, 1.54) is 37.2 Å². The van der Waals surface area contributed by atoms with Gasteiger partial charge in [0.15, 0.2) is 16.6 Å². The van der Waals surface area contributed by atoms with E-state index in [1.807, 2.05) is 6.92 Å². The lowest BCUT2D eigenvalue weighted by atomic mass is 10.2. The highest BCUT2D eigenvalue weighted by Gasteiger charge is 2.25. The van der Waals surface area contributed by atoms with Crippen molar-refractivity contribution in [3.8, 4) is 5.75 Å². The number of rotatable bonds is 4. The second-order valence-electron chi connectivity index (χ2n) is 4.18. The highest BCUT2D eigenvalue weighted by Crippen LogP contribution is 2.40. The van der Waals surface area contributed by atoms with Crippen molar-refractivity contribution in [1.82, 2.24) is 4.37 Å². The third-order valence-corrected chi connectivity index (χ3v) is 4.07. The van der Waals surface area contributed by atoms with E-state index in [9.17, 15) is 0 Å². The lowest BCUT2D eigenvalue weighted by Crippen LogP contribution is -2.28. The standard InChI is InChI=1S/C11H19N3OS/c1-3-15-9-10(12)13-16-11(9)14(2)8-6-4-5-7-8/h8H,3-7H2,1-2H3,(H2,12,13). The van der Waals surface area contributed by atoms with Crippen molar-refractivity contribution in [2.45, 2.75) is 38.6 Å². The summed E-state index contributed by atoms with van der Waals surface area (Å²) in [5.74, 6) is 1.29. The van der Waals surface area contributed by atoms with Crippen LogP contribution in [0.15, 0.2) is 0 Å². The van der Waals surface area contributed by atoms with Crippen LogP contribution in [0, 0.1) is 0 Å². The van der Waals surface area contributed by atoms with E-state index in [0.29, 0.717) is 18.5 Å². The Morgan fingerprint density at radius 3 is 2.81 bits per heavy atom. The van der Waals surface area contributed by atoms with Gasteiger partial charge in [-0.2, -0.15) is 4.37 Å². The molecule has 0 saturated heterocycles. The van der Waals surface area contributed by atoms with Crippen LogP contribution in [0.3, 0.4) is 0 Å². The number of nitrogen functional groups attached to an aromatic ring is 1. The second kappa shape index (κ2) is 4.91. The van der Waals surface area contributed by atoms with Crippen LogP contribution in [0.5, 0.6) is 5.75 Å². The molecule has 0 bridgehead atoms. The maximum absolute atomic E-state index is 5.81. The summed E-state index contributed by atoms with van der Waals surface area (Å²) in [4.78, 5) is 2.28. The topological polar surface area (TPSA) is 51.4 Å². The van der Waals surface area contributed by atoms with Gasteiger partial charge in [-0.25, -0.2) is 0 Å². The van der Waals surface area contributed by atoms with E-state index in [4.69, 9.17) is 10.5 Å².